The van der Waals surface area contributed by atoms with Crippen LogP contribution in [0.15, 0.2) is 377 Å². The number of halogens is 1. The highest BCUT2D eigenvalue weighted by Gasteiger charge is 2.40. The lowest BCUT2D eigenvalue weighted by molar-refractivity contribution is 0.453. The van der Waals surface area contributed by atoms with E-state index in [1.165, 1.54) is 209 Å². The maximum absolute atomic E-state index is 8.70. The minimum Gasteiger partial charge on any atom is -0.537 e. The summed E-state index contributed by atoms with van der Waals surface area (Å²) in [5, 5.41) is 28.1. The molecule has 0 amide bonds. The predicted molar refractivity (Wildman–Crippen MR) is 533 cm³/mol. The molecule has 0 spiro atoms. The molecule has 4 aliphatic rings. The van der Waals surface area contributed by atoms with Gasteiger partial charge in [-0.3, -0.25) is 0 Å². The van der Waals surface area contributed by atoms with Gasteiger partial charge in [0.2, 0.25) is 0 Å². The fourth-order valence-corrected chi connectivity index (χ4v) is 22.9. The second-order valence-electron chi connectivity index (χ2n) is 36.9. The number of hydrogen-bond acceptors (Lipinski definition) is 4. The van der Waals surface area contributed by atoms with Gasteiger partial charge in [0.25, 0.3) is 0 Å². The van der Waals surface area contributed by atoms with Crippen LogP contribution in [-0.2, 0) is 21.7 Å². The molecule has 2 aromatic heterocycles. The van der Waals surface area contributed by atoms with Crippen molar-refractivity contribution >= 4 is 132 Å². The van der Waals surface area contributed by atoms with Gasteiger partial charge in [0, 0.05) is 53.7 Å². The number of furan rings is 2. The second-order valence-corrected chi connectivity index (χ2v) is 37.8. The second kappa shape index (κ2) is 28.2. The molecular formula is C120H85BBrO4. The topological polar surface area (TPSA) is 55.7 Å². The number of hydrogen-bond donors (Lipinski definition) is 1. The van der Waals surface area contributed by atoms with Gasteiger partial charge in [-0.1, -0.05) is 350 Å². The van der Waals surface area contributed by atoms with Gasteiger partial charge in [-0.25, -0.2) is 0 Å². The molecule has 126 heavy (non-hydrogen) atoms. The molecule has 20 aromatic carbocycles. The minimum atomic E-state index is -0.110. The predicted octanol–water partition coefficient (Wildman–Crippen LogP) is 33.0. The summed E-state index contributed by atoms with van der Waals surface area (Å²) in [7, 11) is 0.666. The van der Waals surface area contributed by atoms with E-state index in [1.807, 2.05) is 30.3 Å². The van der Waals surface area contributed by atoms with Crippen molar-refractivity contribution in [3.8, 4) is 106 Å². The van der Waals surface area contributed by atoms with E-state index in [9.17, 15) is 0 Å². The fraction of sp³-hybridized carbons (Fsp3) is 0.100. The van der Waals surface area contributed by atoms with Crippen LogP contribution in [0.2, 0.25) is 0 Å². The molecule has 22 aromatic rings. The van der Waals surface area contributed by atoms with Crippen LogP contribution in [0.3, 0.4) is 0 Å². The number of benzene rings is 20. The lowest BCUT2D eigenvalue weighted by Crippen LogP contribution is -2.15. The van der Waals surface area contributed by atoms with Crippen molar-refractivity contribution in [1.29, 1.82) is 0 Å². The van der Waals surface area contributed by atoms with E-state index in [0.717, 1.165) is 48.5 Å². The molecule has 1 radical (unpaired) electrons. The first-order valence-corrected chi connectivity index (χ1v) is 44.6. The molecule has 0 saturated carbocycles. The van der Waals surface area contributed by atoms with E-state index in [1.54, 1.807) is 6.07 Å². The smallest absolute Gasteiger partial charge is 0.537 e. The monoisotopic (exact) mass is 1680 g/mol. The number of rotatable bonds is 7. The Hall–Kier alpha value is -14.1. The van der Waals surface area contributed by atoms with Crippen molar-refractivity contribution in [2.75, 3.05) is 0 Å². The average molecular weight is 1680 g/mol. The van der Waals surface area contributed by atoms with Gasteiger partial charge in [0.05, 0.1) is 0 Å². The van der Waals surface area contributed by atoms with Crippen molar-refractivity contribution in [2.45, 2.75) is 77.0 Å². The SMILES string of the molecule is CC1(C)c2ccccc2-c2ccc(-c3c4ccccc4c(-c4ccc5c(c4)C(C)(C)c4ccccc4-5)c4cc(-c5ccc6c(c5)oc5ccc7ccccc7c56)ccc34)cc21.CC1(C)c2ccccc2-c2ccc(-c3c4ccccc4c(-c4ccc5c(c4)C(C)(C)c4ccccc4-5)c4cc(Br)ccc34)cc21.O[B]Oc1ccc2c(c1)oc1ccc3ccccc3c12. The third kappa shape index (κ3) is 11.3. The molecule has 0 unspecified atom stereocenters. The molecule has 26 rings (SSSR count). The summed E-state index contributed by atoms with van der Waals surface area (Å²) >= 11 is 3.84. The summed E-state index contributed by atoms with van der Waals surface area (Å²) < 4.78 is 18.5. The first-order chi connectivity index (χ1) is 61.4. The summed E-state index contributed by atoms with van der Waals surface area (Å²) in [6, 6.07) is 134. The molecule has 0 saturated heterocycles. The van der Waals surface area contributed by atoms with Crippen molar-refractivity contribution in [3.05, 3.63) is 413 Å². The molecule has 599 valence electrons. The average Bonchev–Trinajstić information content (AvgIpc) is 1.71. The first-order valence-electron chi connectivity index (χ1n) is 43.8. The van der Waals surface area contributed by atoms with Crippen LogP contribution in [0.5, 0.6) is 5.75 Å². The fourth-order valence-electron chi connectivity index (χ4n) is 22.6. The largest absolute Gasteiger partial charge is 0.569 e. The van der Waals surface area contributed by atoms with E-state index in [4.69, 9.17) is 18.5 Å². The van der Waals surface area contributed by atoms with Crippen LogP contribution in [0, 0.1) is 0 Å². The minimum absolute atomic E-state index is 0.0503. The molecule has 0 aliphatic heterocycles. The maximum atomic E-state index is 8.70. The van der Waals surface area contributed by atoms with E-state index >= 15 is 0 Å². The lowest BCUT2D eigenvalue weighted by Gasteiger charge is -2.24. The molecule has 0 atom stereocenters. The van der Waals surface area contributed by atoms with Crippen LogP contribution in [0.4, 0.5) is 0 Å². The van der Waals surface area contributed by atoms with Gasteiger partial charge in [0.15, 0.2) is 0 Å². The Morgan fingerprint density at radius 1 is 0.230 bits per heavy atom. The zero-order chi connectivity index (χ0) is 85.0. The van der Waals surface area contributed by atoms with Gasteiger partial charge in [-0.2, -0.15) is 0 Å². The molecule has 0 bridgehead atoms. The van der Waals surface area contributed by atoms with Gasteiger partial charge in [0.1, 0.15) is 28.1 Å². The molecule has 4 nitrogen and oxygen atoms in total. The van der Waals surface area contributed by atoms with Gasteiger partial charge >= 0.3 is 7.69 Å². The summed E-state index contributed by atoms with van der Waals surface area (Å²) in [4.78, 5) is 0. The van der Waals surface area contributed by atoms with Crippen LogP contribution < -0.4 is 4.65 Å². The summed E-state index contributed by atoms with van der Waals surface area (Å²) in [5.41, 5.74) is 37.6. The molecule has 1 N–H and O–H groups in total. The van der Waals surface area contributed by atoms with Gasteiger partial charge in [-0.05, 0) is 288 Å². The standard InChI is InChI=1S/C60H42O.C44H33Br.C16H10BO3/c1-59(2)50-19-11-9-15-41(50)43-26-23-38(32-52(43)59)56-45-17-7-8-18-46(45)57(39-24-27-44-42-16-10-12-20-51(42)60(3,4)53(44)33-39)49-31-36(21-28-47(49)56)37-22-29-48-55(34-37)61-54-30-25-35-13-5-6-14-40(35)58(48)54;1-43(2)37-15-9-7-11-29(37)31-20-17-26(23-39(31)43)41-33-13-5-6-14-34(33)42(36-25-28(45)19-22-35(36)41)27-18-21-32-30-12-8-10-16-38(30)44(3,4)40(32)24-27;18-17-20-11-6-7-13-15(9-11)19-14-8-5-10-3-1-2-4-12(10)16(13)14/h5-34H,1-4H3;5-25H,1-4H3;1-9,18H. The maximum Gasteiger partial charge on any atom is 0.569 e. The molecule has 4 aliphatic carbocycles. The van der Waals surface area contributed by atoms with Crippen molar-refractivity contribution in [2.24, 2.45) is 0 Å². The third-order valence-electron chi connectivity index (χ3n) is 28.7. The van der Waals surface area contributed by atoms with E-state index in [-0.39, 0.29) is 21.7 Å². The quantitative estimate of drug-likeness (QED) is 0.128. The normalized spacial score (nSPS) is 14.2. The summed E-state index contributed by atoms with van der Waals surface area (Å²) in [6.07, 6.45) is 0. The first kappa shape index (κ1) is 75.6. The zero-order valence-electron chi connectivity index (χ0n) is 71.3. The van der Waals surface area contributed by atoms with Gasteiger partial charge in [-0.15, -0.1) is 0 Å². The van der Waals surface area contributed by atoms with Gasteiger partial charge < -0.3 is 18.5 Å². The Labute approximate surface area is 741 Å². The molecular weight excluding hydrogens is 1600 g/mol. The molecule has 6 heteroatoms. The lowest BCUT2D eigenvalue weighted by atomic mass is 9.79. The number of fused-ring (bicyclic) bond motifs is 26. The Morgan fingerprint density at radius 2 is 0.524 bits per heavy atom. The van der Waals surface area contributed by atoms with Crippen LogP contribution >= 0.6 is 15.9 Å². The summed E-state index contributed by atoms with van der Waals surface area (Å²) in [5.74, 6) is 0.545. The van der Waals surface area contributed by atoms with E-state index < -0.39 is 0 Å². The molecule has 2 heterocycles. The van der Waals surface area contributed by atoms with Crippen LogP contribution in [-0.4, -0.2) is 12.7 Å². The Balaban J connectivity index is 0.000000119. The molecule has 0 fully saturated rings. The highest BCUT2D eigenvalue weighted by atomic mass is 79.9. The zero-order valence-corrected chi connectivity index (χ0v) is 72.9. The van der Waals surface area contributed by atoms with E-state index in [0.29, 0.717) is 13.4 Å². The van der Waals surface area contributed by atoms with Crippen LogP contribution in [0.1, 0.15) is 99.9 Å². The third-order valence-corrected chi connectivity index (χ3v) is 29.2. The highest BCUT2D eigenvalue weighted by Crippen LogP contribution is 2.58. The highest BCUT2D eigenvalue weighted by molar-refractivity contribution is 9.10. The van der Waals surface area contributed by atoms with Crippen molar-refractivity contribution < 1.29 is 18.5 Å². The Bertz CT molecular complexity index is 8460. The van der Waals surface area contributed by atoms with Crippen molar-refractivity contribution in [1.82, 2.24) is 0 Å². The Morgan fingerprint density at radius 3 is 0.921 bits per heavy atom. The van der Waals surface area contributed by atoms with E-state index in [2.05, 4.69) is 399 Å². The van der Waals surface area contributed by atoms with Crippen LogP contribution in [0.25, 0.3) is 209 Å². The summed E-state index contributed by atoms with van der Waals surface area (Å²) in [6.45, 7) is 19.0. The van der Waals surface area contributed by atoms with Crippen molar-refractivity contribution in [3.63, 3.8) is 0 Å². The Kier molecular flexibility index (Phi) is 16.9.